The van der Waals surface area contributed by atoms with Crippen LogP contribution in [0.25, 0.3) is 0 Å². The molecule has 6 nitrogen and oxygen atoms in total. The minimum absolute atomic E-state index is 0.100. The first-order chi connectivity index (χ1) is 15.8. The molecule has 0 aromatic heterocycles. The third kappa shape index (κ3) is 4.82. The minimum Gasteiger partial charge on any atom is -0.345 e. The number of hydrogen-bond acceptors (Lipinski definition) is 4. The summed E-state index contributed by atoms with van der Waals surface area (Å²) in [5, 5.41) is 3.24. The topological polar surface area (TPSA) is 55.9 Å². The van der Waals surface area contributed by atoms with Crippen molar-refractivity contribution in [2.24, 2.45) is 5.92 Å². The number of carbonyl (C=O) groups excluding carboxylic acids is 2. The Morgan fingerprint density at radius 2 is 1.76 bits per heavy atom. The van der Waals surface area contributed by atoms with Crippen molar-refractivity contribution in [2.45, 2.75) is 39.8 Å². The molecule has 2 amide bonds. The molecule has 6 heteroatoms. The molecule has 4 rings (SSSR count). The van der Waals surface area contributed by atoms with Gasteiger partial charge in [0.05, 0.1) is 22.7 Å². The van der Waals surface area contributed by atoms with Crippen LogP contribution in [0.5, 0.6) is 0 Å². The summed E-state index contributed by atoms with van der Waals surface area (Å²) in [6.07, 6.45) is 0. The van der Waals surface area contributed by atoms with E-state index in [0.29, 0.717) is 30.9 Å². The van der Waals surface area contributed by atoms with Gasteiger partial charge >= 0.3 is 0 Å². The predicted octanol–water partition coefficient (Wildman–Crippen LogP) is 3.30. The molecule has 1 saturated heterocycles. The van der Waals surface area contributed by atoms with Gasteiger partial charge in [0.15, 0.2) is 0 Å². The van der Waals surface area contributed by atoms with Crippen molar-refractivity contribution in [2.75, 3.05) is 44.2 Å². The van der Waals surface area contributed by atoms with Gasteiger partial charge in [0.2, 0.25) is 5.91 Å². The lowest BCUT2D eigenvalue weighted by atomic mass is 9.86. The Kier molecular flexibility index (Phi) is 6.86. The van der Waals surface area contributed by atoms with E-state index in [1.165, 1.54) is 11.1 Å². The highest BCUT2D eigenvalue weighted by Gasteiger charge is 2.50. The number of hydrogen-bond donors (Lipinski definition) is 1. The van der Waals surface area contributed by atoms with Crippen LogP contribution >= 0.6 is 0 Å². The standard InChI is InChI=1S/C27H36N4O2/c1-5-29(6-2)15-16-31-24-10-8-7-9-22(24)25(32)28-27(4)19-30(18-23(27)26(31)33)17-21-13-11-20(3)12-14-21/h7-14,23H,5-6,15-19H2,1-4H3,(H,28,32)/t23-,27-/m0/s1. The summed E-state index contributed by atoms with van der Waals surface area (Å²) in [7, 11) is 0. The number of benzene rings is 2. The summed E-state index contributed by atoms with van der Waals surface area (Å²) in [4.78, 5) is 33.8. The minimum atomic E-state index is -0.611. The van der Waals surface area contributed by atoms with Crippen LogP contribution < -0.4 is 10.2 Å². The van der Waals surface area contributed by atoms with Crippen LogP contribution in [0.2, 0.25) is 0 Å². The van der Waals surface area contributed by atoms with Crippen molar-refractivity contribution < 1.29 is 9.59 Å². The van der Waals surface area contributed by atoms with E-state index in [-0.39, 0.29) is 17.7 Å². The predicted molar refractivity (Wildman–Crippen MR) is 132 cm³/mol. The summed E-state index contributed by atoms with van der Waals surface area (Å²) in [6.45, 7) is 13.7. The third-order valence-electron chi connectivity index (χ3n) is 7.23. The molecule has 2 heterocycles. The normalized spacial score (nSPS) is 23.2. The van der Waals surface area contributed by atoms with Crippen LogP contribution in [-0.4, -0.2) is 66.4 Å². The van der Waals surface area contributed by atoms with E-state index in [4.69, 9.17) is 0 Å². The van der Waals surface area contributed by atoms with Gasteiger partial charge in [-0.25, -0.2) is 0 Å². The van der Waals surface area contributed by atoms with Crippen molar-refractivity contribution in [3.8, 4) is 0 Å². The first-order valence-corrected chi connectivity index (χ1v) is 12.1. The van der Waals surface area contributed by atoms with Gasteiger partial charge < -0.3 is 15.1 Å². The highest BCUT2D eigenvalue weighted by atomic mass is 16.2. The number of nitrogens with one attached hydrogen (secondary N) is 1. The maximum absolute atomic E-state index is 14.0. The third-order valence-corrected chi connectivity index (χ3v) is 7.23. The first kappa shape index (κ1) is 23.5. The van der Waals surface area contributed by atoms with Gasteiger partial charge in [0.25, 0.3) is 5.91 Å². The molecule has 2 aliphatic heterocycles. The second-order valence-corrected chi connectivity index (χ2v) is 9.61. The first-order valence-electron chi connectivity index (χ1n) is 12.1. The van der Waals surface area contributed by atoms with Crippen LogP contribution in [-0.2, 0) is 11.3 Å². The zero-order valence-electron chi connectivity index (χ0n) is 20.3. The van der Waals surface area contributed by atoms with Crippen LogP contribution in [0.4, 0.5) is 5.69 Å². The number of fused-ring (bicyclic) bond motifs is 2. The maximum Gasteiger partial charge on any atom is 0.253 e. The van der Waals surface area contributed by atoms with Crippen molar-refractivity contribution in [3.63, 3.8) is 0 Å². The average Bonchev–Trinajstić information content (AvgIpc) is 3.12. The number of likely N-dealkylation sites (tertiary alicyclic amines) is 1. The van der Waals surface area contributed by atoms with Gasteiger partial charge in [-0.15, -0.1) is 0 Å². The molecule has 0 bridgehead atoms. The van der Waals surface area contributed by atoms with E-state index in [1.54, 1.807) is 0 Å². The van der Waals surface area contributed by atoms with Crippen molar-refractivity contribution in [1.29, 1.82) is 0 Å². The molecule has 0 spiro atoms. The molecule has 2 aromatic rings. The van der Waals surface area contributed by atoms with Crippen LogP contribution in [0, 0.1) is 12.8 Å². The molecule has 0 unspecified atom stereocenters. The molecule has 176 valence electrons. The van der Waals surface area contributed by atoms with E-state index in [1.807, 2.05) is 36.1 Å². The van der Waals surface area contributed by atoms with Crippen LogP contribution in [0.1, 0.15) is 42.3 Å². The second kappa shape index (κ2) is 9.65. The van der Waals surface area contributed by atoms with Crippen molar-refractivity contribution in [3.05, 3.63) is 65.2 Å². The smallest absolute Gasteiger partial charge is 0.253 e. The molecule has 2 aliphatic rings. The fraction of sp³-hybridized carbons (Fsp3) is 0.481. The van der Waals surface area contributed by atoms with Crippen molar-refractivity contribution >= 4 is 17.5 Å². The summed E-state index contributed by atoms with van der Waals surface area (Å²) in [6, 6.07) is 16.0. The maximum atomic E-state index is 14.0. The van der Waals surface area contributed by atoms with E-state index >= 15 is 0 Å². The number of nitrogens with zero attached hydrogens (tertiary/aromatic N) is 3. The van der Waals surface area contributed by atoms with Gasteiger partial charge in [-0.05, 0) is 44.6 Å². The molecule has 2 atom stereocenters. The fourth-order valence-electron chi connectivity index (χ4n) is 5.19. The summed E-state index contributed by atoms with van der Waals surface area (Å²) in [5.41, 5.74) is 3.13. The van der Waals surface area contributed by atoms with Gasteiger partial charge in [-0.1, -0.05) is 55.8 Å². The molecule has 0 saturated carbocycles. The Morgan fingerprint density at radius 3 is 2.45 bits per heavy atom. The number of rotatable bonds is 7. The summed E-state index contributed by atoms with van der Waals surface area (Å²) < 4.78 is 0. The number of amides is 2. The van der Waals surface area contributed by atoms with Crippen molar-refractivity contribution in [1.82, 2.24) is 15.1 Å². The average molecular weight is 449 g/mol. The lowest BCUT2D eigenvalue weighted by Gasteiger charge is -2.38. The lowest BCUT2D eigenvalue weighted by Crippen LogP contribution is -2.59. The van der Waals surface area contributed by atoms with Gasteiger partial charge in [-0.2, -0.15) is 0 Å². The second-order valence-electron chi connectivity index (χ2n) is 9.61. The Morgan fingerprint density at radius 1 is 1.06 bits per heavy atom. The van der Waals surface area contributed by atoms with E-state index in [9.17, 15) is 9.59 Å². The highest BCUT2D eigenvalue weighted by Crippen LogP contribution is 2.35. The molecule has 0 radical (unpaired) electrons. The van der Waals surface area contributed by atoms with Crippen LogP contribution in [0.15, 0.2) is 48.5 Å². The number of carbonyl (C=O) groups is 2. The van der Waals surface area contributed by atoms with E-state index in [0.717, 1.165) is 26.2 Å². The Balaban J connectivity index is 1.64. The monoisotopic (exact) mass is 448 g/mol. The molecular weight excluding hydrogens is 412 g/mol. The SMILES string of the molecule is CCN(CC)CCN1C(=O)[C@@H]2CN(Cc3ccc(C)cc3)C[C@]2(C)NC(=O)c2ccccc21. The molecular formula is C27H36N4O2. The highest BCUT2D eigenvalue weighted by molar-refractivity contribution is 6.07. The molecule has 1 fully saturated rings. The van der Waals surface area contributed by atoms with Gasteiger partial charge in [0, 0.05) is 32.7 Å². The molecule has 0 aliphatic carbocycles. The van der Waals surface area contributed by atoms with E-state index in [2.05, 4.69) is 60.2 Å². The number of para-hydroxylation sites is 1. The number of anilines is 1. The zero-order chi connectivity index (χ0) is 23.6. The molecule has 1 N–H and O–H groups in total. The summed E-state index contributed by atoms with van der Waals surface area (Å²) >= 11 is 0. The van der Waals surface area contributed by atoms with Gasteiger partial charge in [0.1, 0.15) is 0 Å². The Hall–Kier alpha value is -2.70. The zero-order valence-corrected chi connectivity index (χ0v) is 20.3. The quantitative estimate of drug-likeness (QED) is 0.706. The molecule has 33 heavy (non-hydrogen) atoms. The largest absolute Gasteiger partial charge is 0.345 e. The van der Waals surface area contributed by atoms with E-state index < -0.39 is 5.54 Å². The number of aryl methyl sites for hydroxylation is 1. The molecule has 2 aromatic carbocycles. The van der Waals surface area contributed by atoms with Crippen LogP contribution in [0.3, 0.4) is 0 Å². The fourth-order valence-corrected chi connectivity index (χ4v) is 5.19. The van der Waals surface area contributed by atoms with Gasteiger partial charge in [-0.3, -0.25) is 14.5 Å². The Bertz CT molecular complexity index is 1000. The number of likely N-dealkylation sites (N-methyl/N-ethyl adjacent to an activating group) is 1. The summed E-state index contributed by atoms with van der Waals surface area (Å²) in [5.74, 6) is -0.295. The Labute approximate surface area is 197 Å². The lowest BCUT2D eigenvalue weighted by molar-refractivity contribution is -0.123.